The molecule has 0 fully saturated rings. The van der Waals surface area contributed by atoms with E-state index in [-0.39, 0.29) is 29.1 Å². The van der Waals surface area contributed by atoms with Gasteiger partial charge in [-0.2, -0.15) is 0 Å². The molecule has 2 aromatic carbocycles. The third-order valence-electron chi connectivity index (χ3n) is 4.09. The monoisotopic (exact) mass is 417 g/mol. The number of ether oxygens (including phenoxy) is 3. The molecule has 29 heavy (non-hydrogen) atoms. The number of amides is 1. The summed E-state index contributed by atoms with van der Waals surface area (Å²) in [5.74, 6) is -0.366. The Balaban J connectivity index is 1.63. The molecule has 0 saturated carbocycles. The Morgan fingerprint density at radius 2 is 1.83 bits per heavy atom. The fourth-order valence-electron chi connectivity index (χ4n) is 2.74. The Morgan fingerprint density at radius 3 is 2.59 bits per heavy atom. The first kappa shape index (κ1) is 20.7. The van der Waals surface area contributed by atoms with Gasteiger partial charge in [0.1, 0.15) is 13.2 Å². The molecule has 1 heterocycles. The molecule has 1 aliphatic heterocycles. The number of alkyl halides is 1. The number of rotatable bonds is 7. The zero-order chi connectivity index (χ0) is 20.8. The highest BCUT2D eigenvalue weighted by Gasteiger charge is 2.19. The number of anilines is 1. The summed E-state index contributed by atoms with van der Waals surface area (Å²) in [6, 6.07) is 11.2. The van der Waals surface area contributed by atoms with Crippen LogP contribution in [0.1, 0.15) is 34.1 Å². The molecule has 0 spiro atoms. The van der Waals surface area contributed by atoms with E-state index in [0.717, 1.165) is 0 Å². The zero-order valence-corrected chi connectivity index (χ0v) is 16.5. The number of ketones is 1. The van der Waals surface area contributed by atoms with Gasteiger partial charge in [-0.05, 0) is 37.3 Å². The van der Waals surface area contributed by atoms with Crippen LogP contribution in [0.4, 0.5) is 5.69 Å². The minimum absolute atomic E-state index is 0.105. The van der Waals surface area contributed by atoms with Crippen LogP contribution in [0.5, 0.6) is 11.5 Å². The van der Waals surface area contributed by atoms with Gasteiger partial charge in [0.05, 0.1) is 11.3 Å². The Morgan fingerprint density at radius 1 is 1.10 bits per heavy atom. The van der Waals surface area contributed by atoms with E-state index in [0.29, 0.717) is 36.0 Å². The van der Waals surface area contributed by atoms with E-state index in [9.17, 15) is 14.4 Å². The molecule has 1 N–H and O–H groups in total. The third-order valence-corrected chi connectivity index (χ3v) is 4.24. The van der Waals surface area contributed by atoms with Crippen molar-refractivity contribution in [2.75, 3.05) is 25.1 Å². The highest BCUT2D eigenvalue weighted by molar-refractivity contribution is 6.21. The van der Waals surface area contributed by atoms with Crippen molar-refractivity contribution in [3.05, 3.63) is 53.6 Å². The van der Waals surface area contributed by atoms with E-state index in [1.54, 1.807) is 43.3 Å². The van der Waals surface area contributed by atoms with Crippen molar-refractivity contribution in [1.29, 1.82) is 0 Å². The average molecular weight is 418 g/mol. The summed E-state index contributed by atoms with van der Waals surface area (Å²) in [5, 5.41) is 2.30. The Kier molecular flexibility index (Phi) is 6.72. The summed E-state index contributed by atoms with van der Waals surface area (Å²) in [4.78, 5) is 36.8. The van der Waals surface area contributed by atoms with E-state index >= 15 is 0 Å². The Hall–Kier alpha value is -3.06. The number of carbonyl (C=O) groups excluding carboxylic acids is 3. The van der Waals surface area contributed by atoms with Gasteiger partial charge in [-0.3, -0.25) is 9.59 Å². The molecule has 7 nitrogen and oxygen atoms in total. The van der Waals surface area contributed by atoms with E-state index in [1.165, 1.54) is 6.07 Å². The lowest BCUT2D eigenvalue weighted by molar-refractivity contribution is -0.116. The molecule has 2 aromatic rings. The second-order valence-electron chi connectivity index (χ2n) is 6.44. The highest BCUT2D eigenvalue weighted by Crippen LogP contribution is 2.30. The molecule has 0 bridgehead atoms. The summed E-state index contributed by atoms with van der Waals surface area (Å²) in [6.45, 7) is 2.12. The minimum atomic E-state index is -0.717. The van der Waals surface area contributed by atoms with Gasteiger partial charge >= 0.3 is 5.97 Å². The minimum Gasteiger partial charge on any atom is -0.486 e. The molecule has 0 unspecified atom stereocenters. The molecule has 1 amide bonds. The van der Waals surface area contributed by atoms with E-state index in [2.05, 4.69) is 5.32 Å². The van der Waals surface area contributed by atoms with Crippen molar-refractivity contribution in [2.45, 2.75) is 18.7 Å². The lowest BCUT2D eigenvalue weighted by Gasteiger charge is -2.18. The number of halogens is 1. The standard InChI is InChI=1S/C21H20ClNO6/c1-13(22)10-20(25)23-16-5-3-2-4-15(16)21(26)29-12-17(24)14-6-7-18-19(11-14)28-9-8-27-18/h2-7,11,13H,8-10,12H2,1H3,(H,23,25)/t13-/m0/s1. The van der Waals surface area contributed by atoms with Crippen LogP contribution in [0, 0.1) is 0 Å². The number of hydrogen-bond acceptors (Lipinski definition) is 6. The topological polar surface area (TPSA) is 90.9 Å². The number of carbonyl (C=O) groups is 3. The third kappa shape index (κ3) is 5.48. The van der Waals surface area contributed by atoms with Crippen molar-refractivity contribution in [2.24, 2.45) is 0 Å². The summed E-state index contributed by atoms with van der Waals surface area (Å²) >= 11 is 5.82. The first-order valence-electron chi connectivity index (χ1n) is 9.07. The van der Waals surface area contributed by atoms with Gasteiger partial charge in [-0.15, -0.1) is 11.6 Å². The van der Waals surface area contributed by atoms with Crippen molar-refractivity contribution < 1.29 is 28.6 Å². The molecule has 8 heteroatoms. The Labute approximate surface area is 172 Å². The molecule has 152 valence electrons. The molecule has 1 aliphatic rings. The van der Waals surface area contributed by atoms with Gasteiger partial charge in [-0.1, -0.05) is 12.1 Å². The Bertz CT molecular complexity index is 927. The fraction of sp³-hybridized carbons (Fsp3) is 0.286. The predicted octanol–water partition coefficient (Wildman–Crippen LogP) is 3.45. The first-order valence-corrected chi connectivity index (χ1v) is 9.50. The molecule has 0 aliphatic carbocycles. The maximum Gasteiger partial charge on any atom is 0.340 e. The smallest absolute Gasteiger partial charge is 0.340 e. The molecule has 0 aromatic heterocycles. The van der Waals surface area contributed by atoms with Crippen LogP contribution in [-0.2, 0) is 9.53 Å². The number of para-hydroxylation sites is 1. The molecular weight excluding hydrogens is 398 g/mol. The van der Waals surface area contributed by atoms with Crippen LogP contribution in [0.2, 0.25) is 0 Å². The van der Waals surface area contributed by atoms with E-state index < -0.39 is 12.6 Å². The largest absolute Gasteiger partial charge is 0.486 e. The SMILES string of the molecule is C[C@H](Cl)CC(=O)Nc1ccccc1C(=O)OCC(=O)c1ccc2c(c1)OCCO2. The number of fused-ring (bicyclic) bond motifs is 1. The maximum atomic E-state index is 12.4. The summed E-state index contributed by atoms with van der Waals surface area (Å²) in [6.07, 6.45) is 0.105. The number of nitrogens with one attached hydrogen (secondary N) is 1. The zero-order valence-electron chi connectivity index (χ0n) is 15.8. The predicted molar refractivity (Wildman–Crippen MR) is 107 cm³/mol. The fourth-order valence-corrected chi connectivity index (χ4v) is 2.88. The van der Waals surface area contributed by atoms with Crippen LogP contribution in [0.3, 0.4) is 0 Å². The summed E-state index contributed by atoms with van der Waals surface area (Å²) in [5.41, 5.74) is 0.796. The quantitative estimate of drug-likeness (QED) is 0.421. The van der Waals surface area contributed by atoms with E-state index in [1.807, 2.05) is 0 Å². The molecule has 0 saturated heterocycles. The normalized spacial score (nSPS) is 13.3. The highest BCUT2D eigenvalue weighted by atomic mass is 35.5. The van der Waals surface area contributed by atoms with Crippen LogP contribution < -0.4 is 14.8 Å². The first-order chi connectivity index (χ1) is 13.9. The number of hydrogen-bond donors (Lipinski definition) is 1. The van der Waals surface area contributed by atoms with Crippen molar-refractivity contribution >= 4 is 34.9 Å². The van der Waals surface area contributed by atoms with Gasteiger partial charge in [0.2, 0.25) is 5.91 Å². The van der Waals surface area contributed by atoms with Crippen molar-refractivity contribution in [3.8, 4) is 11.5 Å². The number of esters is 1. The van der Waals surface area contributed by atoms with Crippen molar-refractivity contribution in [3.63, 3.8) is 0 Å². The van der Waals surface area contributed by atoms with Gasteiger partial charge in [0.25, 0.3) is 0 Å². The molecule has 3 rings (SSSR count). The van der Waals surface area contributed by atoms with Crippen LogP contribution in [0.25, 0.3) is 0 Å². The molecular formula is C21H20ClNO6. The molecule has 0 radical (unpaired) electrons. The van der Waals surface area contributed by atoms with Crippen LogP contribution >= 0.6 is 11.6 Å². The summed E-state index contributed by atoms with van der Waals surface area (Å²) < 4.78 is 16.0. The van der Waals surface area contributed by atoms with Gasteiger partial charge in [0, 0.05) is 17.4 Å². The lowest BCUT2D eigenvalue weighted by Crippen LogP contribution is -2.19. The maximum absolute atomic E-state index is 12.4. The molecule has 1 atom stereocenters. The van der Waals surface area contributed by atoms with Gasteiger partial charge in [-0.25, -0.2) is 4.79 Å². The van der Waals surface area contributed by atoms with Crippen LogP contribution in [0.15, 0.2) is 42.5 Å². The second kappa shape index (κ2) is 9.43. The van der Waals surface area contributed by atoms with Crippen molar-refractivity contribution in [1.82, 2.24) is 0 Å². The van der Waals surface area contributed by atoms with Crippen LogP contribution in [-0.4, -0.2) is 42.9 Å². The number of Topliss-reactive ketones (excluding diaryl/α,β-unsaturated/α-hetero) is 1. The second-order valence-corrected chi connectivity index (χ2v) is 7.18. The van der Waals surface area contributed by atoms with Gasteiger partial charge < -0.3 is 19.5 Å². The van der Waals surface area contributed by atoms with E-state index in [4.69, 9.17) is 25.8 Å². The summed E-state index contributed by atoms with van der Waals surface area (Å²) in [7, 11) is 0. The average Bonchev–Trinajstić information content (AvgIpc) is 2.71. The number of benzene rings is 2. The van der Waals surface area contributed by atoms with Gasteiger partial charge in [0.15, 0.2) is 23.9 Å². The lowest BCUT2D eigenvalue weighted by atomic mass is 10.1.